The van der Waals surface area contributed by atoms with Crippen LogP contribution in [-0.4, -0.2) is 30.1 Å². The zero-order valence-corrected chi connectivity index (χ0v) is 11.7. The van der Waals surface area contributed by atoms with Crippen LogP contribution in [0.1, 0.15) is 40.5 Å². The molecule has 1 aliphatic rings. The Balaban J connectivity index is 2.84. The normalized spacial score (nSPS) is 26.9. The molecule has 0 aromatic carbocycles. The van der Waals surface area contributed by atoms with Gasteiger partial charge in [0.15, 0.2) is 0 Å². The van der Waals surface area contributed by atoms with Crippen molar-refractivity contribution in [1.29, 1.82) is 0 Å². The maximum atomic E-state index is 12.2. The summed E-state index contributed by atoms with van der Waals surface area (Å²) in [5.41, 5.74) is 4.49. The molecule has 0 spiro atoms. The van der Waals surface area contributed by atoms with E-state index in [0.717, 1.165) is 6.42 Å². The van der Waals surface area contributed by atoms with Gasteiger partial charge in [-0.1, -0.05) is 27.7 Å². The molecule has 5 nitrogen and oxygen atoms in total. The van der Waals surface area contributed by atoms with Crippen molar-refractivity contribution >= 4 is 11.8 Å². The Morgan fingerprint density at radius 1 is 1.50 bits per heavy atom. The number of amides is 2. The minimum atomic E-state index is -0.983. The molecule has 0 radical (unpaired) electrons. The lowest BCUT2D eigenvalue weighted by atomic mass is 9.82. The van der Waals surface area contributed by atoms with Gasteiger partial charge >= 0.3 is 0 Å². The van der Waals surface area contributed by atoms with Gasteiger partial charge in [0, 0.05) is 6.61 Å². The number of nitrogens with two attached hydrogens (primary N) is 1. The Kier molecular flexibility index (Phi) is 4.73. The van der Waals surface area contributed by atoms with Crippen molar-refractivity contribution < 1.29 is 14.3 Å². The van der Waals surface area contributed by atoms with Crippen molar-refractivity contribution in [1.82, 2.24) is 5.32 Å². The van der Waals surface area contributed by atoms with Crippen molar-refractivity contribution in [2.24, 2.45) is 17.6 Å². The van der Waals surface area contributed by atoms with Gasteiger partial charge in [-0.05, 0) is 24.7 Å². The maximum absolute atomic E-state index is 12.2. The monoisotopic (exact) mass is 256 g/mol. The summed E-state index contributed by atoms with van der Waals surface area (Å²) in [7, 11) is 0. The molecule has 0 bridgehead atoms. The van der Waals surface area contributed by atoms with E-state index >= 15 is 0 Å². The Morgan fingerprint density at radius 2 is 2.11 bits per heavy atom. The van der Waals surface area contributed by atoms with E-state index in [1.165, 1.54) is 0 Å². The predicted molar refractivity (Wildman–Crippen MR) is 68.7 cm³/mol. The highest BCUT2D eigenvalue weighted by molar-refractivity contribution is 5.92. The summed E-state index contributed by atoms with van der Waals surface area (Å²) in [6.45, 7) is 8.19. The topological polar surface area (TPSA) is 81.4 Å². The number of ether oxygens (including phenoxy) is 1. The number of primary amides is 1. The smallest absolute Gasteiger partial charge is 0.250 e. The number of hydrogen-bond donors (Lipinski definition) is 2. The summed E-state index contributed by atoms with van der Waals surface area (Å²) in [4.78, 5) is 23.9. The molecule has 0 saturated carbocycles. The van der Waals surface area contributed by atoms with Crippen molar-refractivity contribution in [2.45, 2.75) is 52.2 Å². The first-order valence-corrected chi connectivity index (χ1v) is 6.58. The molecule has 104 valence electrons. The summed E-state index contributed by atoms with van der Waals surface area (Å²) in [6.07, 6.45) is 0.886. The van der Waals surface area contributed by atoms with Crippen LogP contribution < -0.4 is 11.1 Å². The molecular formula is C13H24N2O3. The fraction of sp³-hybridized carbons (Fsp3) is 0.846. The molecule has 2 amide bonds. The molecule has 0 aliphatic carbocycles. The van der Waals surface area contributed by atoms with E-state index < -0.39 is 17.6 Å². The third kappa shape index (κ3) is 2.66. The SMILES string of the molecule is CCC(NC(=O)C1OCCC1C)(C(N)=O)C(C)C. The molecule has 1 fully saturated rings. The Hall–Kier alpha value is -1.10. The molecule has 0 aromatic heterocycles. The van der Waals surface area contributed by atoms with E-state index in [-0.39, 0.29) is 17.7 Å². The lowest BCUT2D eigenvalue weighted by Crippen LogP contribution is -2.62. The first-order valence-electron chi connectivity index (χ1n) is 6.58. The minimum Gasteiger partial charge on any atom is -0.368 e. The lowest BCUT2D eigenvalue weighted by Gasteiger charge is -2.35. The number of carbonyl (C=O) groups is 2. The van der Waals surface area contributed by atoms with Gasteiger partial charge in [-0.3, -0.25) is 9.59 Å². The van der Waals surface area contributed by atoms with E-state index in [2.05, 4.69) is 5.32 Å². The van der Waals surface area contributed by atoms with Crippen molar-refractivity contribution in [3.63, 3.8) is 0 Å². The van der Waals surface area contributed by atoms with Crippen molar-refractivity contribution in [2.75, 3.05) is 6.61 Å². The van der Waals surface area contributed by atoms with E-state index in [4.69, 9.17) is 10.5 Å². The van der Waals surface area contributed by atoms with E-state index in [1.54, 1.807) is 0 Å². The minimum absolute atomic E-state index is 0.0549. The Morgan fingerprint density at radius 3 is 2.44 bits per heavy atom. The van der Waals surface area contributed by atoms with Gasteiger partial charge in [0.25, 0.3) is 0 Å². The molecule has 18 heavy (non-hydrogen) atoms. The fourth-order valence-corrected chi connectivity index (χ4v) is 2.48. The number of nitrogens with one attached hydrogen (secondary N) is 1. The molecule has 3 unspecified atom stereocenters. The maximum Gasteiger partial charge on any atom is 0.250 e. The first kappa shape index (κ1) is 15.0. The second kappa shape index (κ2) is 5.69. The van der Waals surface area contributed by atoms with Crippen LogP contribution >= 0.6 is 0 Å². The van der Waals surface area contributed by atoms with Crippen LogP contribution in [0, 0.1) is 11.8 Å². The van der Waals surface area contributed by atoms with Crippen LogP contribution in [0.15, 0.2) is 0 Å². The van der Waals surface area contributed by atoms with Crippen LogP contribution in [0.5, 0.6) is 0 Å². The summed E-state index contributed by atoms with van der Waals surface area (Å²) in [5.74, 6) is -0.589. The van der Waals surface area contributed by atoms with Gasteiger partial charge in [-0.2, -0.15) is 0 Å². The van der Waals surface area contributed by atoms with Gasteiger partial charge in [0.05, 0.1) is 0 Å². The fourth-order valence-electron chi connectivity index (χ4n) is 2.48. The quantitative estimate of drug-likeness (QED) is 0.764. The lowest BCUT2D eigenvalue weighted by molar-refractivity contribution is -0.139. The molecule has 1 rings (SSSR count). The van der Waals surface area contributed by atoms with Gasteiger partial charge in [0.1, 0.15) is 11.6 Å². The standard InChI is InChI=1S/C13H24N2O3/c1-5-13(8(2)3,12(14)17)15-11(16)10-9(4)6-7-18-10/h8-10H,5-7H2,1-4H3,(H2,14,17)(H,15,16). The van der Waals surface area contributed by atoms with Gasteiger partial charge in [-0.25, -0.2) is 0 Å². The molecule has 1 heterocycles. The second-order valence-electron chi connectivity index (χ2n) is 5.39. The van der Waals surface area contributed by atoms with Crippen LogP contribution in [0.2, 0.25) is 0 Å². The highest BCUT2D eigenvalue weighted by Crippen LogP contribution is 2.24. The molecule has 1 aliphatic heterocycles. The molecule has 3 atom stereocenters. The largest absolute Gasteiger partial charge is 0.368 e. The average Bonchev–Trinajstić information content (AvgIpc) is 2.71. The molecule has 1 saturated heterocycles. The van der Waals surface area contributed by atoms with Gasteiger partial charge in [-0.15, -0.1) is 0 Å². The highest BCUT2D eigenvalue weighted by Gasteiger charge is 2.42. The average molecular weight is 256 g/mol. The highest BCUT2D eigenvalue weighted by atomic mass is 16.5. The number of hydrogen-bond acceptors (Lipinski definition) is 3. The number of carbonyl (C=O) groups excluding carboxylic acids is 2. The van der Waals surface area contributed by atoms with Crippen LogP contribution in [0.4, 0.5) is 0 Å². The Bertz CT molecular complexity index is 330. The van der Waals surface area contributed by atoms with Crippen LogP contribution in [0.25, 0.3) is 0 Å². The van der Waals surface area contributed by atoms with Crippen LogP contribution in [-0.2, 0) is 14.3 Å². The molecule has 0 aromatic rings. The van der Waals surface area contributed by atoms with E-state index in [0.29, 0.717) is 13.0 Å². The Labute approximate surface area is 108 Å². The third-order valence-electron chi connectivity index (χ3n) is 3.98. The number of rotatable bonds is 5. The molecule has 5 heteroatoms. The summed E-state index contributed by atoms with van der Waals surface area (Å²) < 4.78 is 5.41. The van der Waals surface area contributed by atoms with E-state index in [1.807, 2.05) is 27.7 Å². The second-order valence-corrected chi connectivity index (χ2v) is 5.39. The van der Waals surface area contributed by atoms with Crippen molar-refractivity contribution in [3.05, 3.63) is 0 Å². The van der Waals surface area contributed by atoms with Gasteiger partial charge < -0.3 is 15.8 Å². The summed E-state index contributed by atoms with van der Waals surface area (Å²) >= 11 is 0. The van der Waals surface area contributed by atoms with Gasteiger partial charge in [0.2, 0.25) is 11.8 Å². The zero-order chi connectivity index (χ0) is 13.9. The predicted octanol–water partition coefficient (Wildman–Crippen LogP) is 0.818. The molecular weight excluding hydrogens is 232 g/mol. The van der Waals surface area contributed by atoms with Crippen molar-refractivity contribution in [3.8, 4) is 0 Å². The van der Waals surface area contributed by atoms with E-state index in [9.17, 15) is 9.59 Å². The van der Waals surface area contributed by atoms with Crippen LogP contribution in [0.3, 0.4) is 0 Å². The summed E-state index contributed by atoms with van der Waals surface area (Å²) in [6, 6.07) is 0. The molecule has 3 N–H and O–H groups in total. The third-order valence-corrected chi connectivity index (χ3v) is 3.98. The first-order chi connectivity index (χ1) is 8.35. The zero-order valence-electron chi connectivity index (χ0n) is 11.7. The summed E-state index contributed by atoms with van der Waals surface area (Å²) in [5, 5.41) is 2.81.